The minimum atomic E-state index is -0.149. The molecule has 0 bridgehead atoms. The summed E-state index contributed by atoms with van der Waals surface area (Å²) >= 11 is 0. The Morgan fingerprint density at radius 1 is 1.19 bits per heavy atom. The van der Waals surface area contributed by atoms with Gasteiger partial charge in [0.15, 0.2) is 0 Å². The normalized spacial score (nSPS) is 35.9. The van der Waals surface area contributed by atoms with Crippen LogP contribution in [0.4, 0.5) is 0 Å². The number of hydrogen-bond donors (Lipinski definition) is 2. The lowest BCUT2D eigenvalue weighted by molar-refractivity contribution is -0.129. The molecule has 0 aromatic heterocycles. The zero-order chi connectivity index (χ0) is 12.5. The molecule has 1 saturated carbocycles. The Hall–Kier alpha value is -0.570. The van der Waals surface area contributed by atoms with Crippen molar-refractivity contribution in [3.8, 4) is 0 Å². The van der Waals surface area contributed by atoms with Gasteiger partial charge >= 0.3 is 0 Å². The highest BCUT2D eigenvalue weighted by Crippen LogP contribution is 2.33. The molecular formula is C13H26N2O. The van der Waals surface area contributed by atoms with Crippen molar-refractivity contribution in [2.24, 2.45) is 23.5 Å². The van der Waals surface area contributed by atoms with Crippen LogP contribution in [0.2, 0.25) is 0 Å². The highest BCUT2D eigenvalue weighted by atomic mass is 16.2. The zero-order valence-corrected chi connectivity index (χ0v) is 11.2. The third-order valence-corrected chi connectivity index (χ3v) is 3.52. The van der Waals surface area contributed by atoms with Gasteiger partial charge in [-0.05, 0) is 45.4 Å². The van der Waals surface area contributed by atoms with E-state index in [1.165, 1.54) is 0 Å². The summed E-state index contributed by atoms with van der Waals surface area (Å²) < 4.78 is 0. The average Bonchev–Trinajstić information content (AvgIpc) is 2.08. The van der Waals surface area contributed by atoms with E-state index in [-0.39, 0.29) is 23.4 Å². The van der Waals surface area contributed by atoms with Crippen molar-refractivity contribution < 1.29 is 4.79 Å². The lowest BCUT2D eigenvalue weighted by Crippen LogP contribution is -2.49. The topological polar surface area (TPSA) is 55.1 Å². The Morgan fingerprint density at radius 2 is 1.75 bits per heavy atom. The first kappa shape index (κ1) is 13.5. The first-order chi connectivity index (χ1) is 7.20. The minimum absolute atomic E-state index is 0.0884. The summed E-state index contributed by atoms with van der Waals surface area (Å²) in [4.78, 5) is 12.1. The highest BCUT2D eigenvalue weighted by Gasteiger charge is 2.35. The van der Waals surface area contributed by atoms with Crippen molar-refractivity contribution in [3.05, 3.63) is 0 Å². The van der Waals surface area contributed by atoms with E-state index in [0.29, 0.717) is 11.8 Å². The predicted octanol–water partition coefficient (Wildman–Crippen LogP) is 1.91. The van der Waals surface area contributed by atoms with Crippen LogP contribution in [0.15, 0.2) is 0 Å². The Labute approximate surface area is 99.2 Å². The van der Waals surface area contributed by atoms with E-state index in [9.17, 15) is 4.79 Å². The second-order valence-electron chi connectivity index (χ2n) is 6.44. The van der Waals surface area contributed by atoms with Gasteiger partial charge in [0.05, 0.1) is 0 Å². The predicted molar refractivity (Wildman–Crippen MR) is 66.9 cm³/mol. The number of nitrogens with two attached hydrogens (primary N) is 1. The van der Waals surface area contributed by atoms with E-state index in [1.54, 1.807) is 0 Å². The van der Waals surface area contributed by atoms with Crippen LogP contribution in [0, 0.1) is 17.8 Å². The fourth-order valence-corrected chi connectivity index (χ4v) is 2.51. The van der Waals surface area contributed by atoms with Crippen molar-refractivity contribution in [2.45, 2.75) is 59.0 Å². The van der Waals surface area contributed by atoms with Gasteiger partial charge < -0.3 is 11.1 Å². The number of carbonyl (C=O) groups excluding carboxylic acids is 1. The number of carbonyl (C=O) groups is 1. The zero-order valence-electron chi connectivity index (χ0n) is 11.2. The molecule has 0 radical (unpaired) electrons. The molecule has 3 nitrogen and oxygen atoms in total. The second-order valence-corrected chi connectivity index (χ2v) is 6.44. The lowest BCUT2D eigenvalue weighted by atomic mass is 9.72. The van der Waals surface area contributed by atoms with Crippen molar-refractivity contribution in [2.75, 3.05) is 0 Å². The molecule has 1 rings (SSSR count). The number of amides is 1. The Bertz CT molecular complexity index is 257. The van der Waals surface area contributed by atoms with Crippen molar-refractivity contribution >= 4 is 5.91 Å². The summed E-state index contributed by atoms with van der Waals surface area (Å²) in [5, 5.41) is 3.06. The van der Waals surface area contributed by atoms with Crippen molar-refractivity contribution in [1.82, 2.24) is 5.32 Å². The molecule has 4 atom stereocenters. The van der Waals surface area contributed by atoms with Crippen LogP contribution in [0.1, 0.15) is 47.5 Å². The summed E-state index contributed by atoms with van der Waals surface area (Å²) in [6.45, 7) is 10.4. The molecule has 1 aliphatic carbocycles. The summed E-state index contributed by atoms with van der Waals surface area (Å²) in [7, 11) is 0. The molecule has 0 aliphatic heterocycles. The van der Waals surface area contributed by atoms with Gasteiger partial charge in [0.25, 0.3) is 0 Å². The molecule has 0 spiro atoms. The number of hydrogen-bond acceptors (Lipinski definition) is 2. The van der Waals surface area contributed by atoms with Gasteiger partial charge in [-0.1, -0.05) is 13.8 Å². The van der Waals surface area contributed by atoms with E-state index in [2.05, 4.69) is 19.2 Å². The first-order valence-electron chi connectivity index (χ1n) is 6.28. The van der Waals surface area contributed by atoms with E-state index in [1.807, 2.05) is 20.8 Å². The number of rotatable bonds is 1. The third-order valence-electron chi connectivity index (χ3n) is 3.52. The summed E-state index contributed by atoms with van der Waals surface area (Å²) in [5.41, 5.74) is 5.90. The maximum atomic E-state index is 12.1. The molecule has 1 aliphatic rings. The van der Waals surface area contributed by atoms with E-state index >= 15 is 0 Å². The van der Waals surface area contributed by atoms with E-state index in [0.717, 1.165) is 12.8 Å². The van der Waals surface area contributed by atoms with Crippen LogP contribution in [-0.2, 0) is 4.79 Å². The number of nitrogens with one attached hydrogen (secondary N) is 1. The van der Waals surface area contributed by atoms with Crippen LogP contribution < -0.4 is 11.1 Å². The standard InChI is InChI=1S/C13H26N2O/c1-8-6-9(2)11(14)7-10(8)12(16)15-13(3,4)5/h8-11H,6-7,14H2,1-5H3,(H,15,16). The van der Waals surface area contributed by atoms with E-state index < -0.39 is 0 Å². The molecular weight excluding hydrogens is 200 g/mol. The molecule has 0 heterocycles. The average molecular weight is 226 g/mol. The molecule has 1 fully saturated rings. The molecule has 0 aromatic rings. The monoisotopic (exact) mass is 226 g/mol. The minimum Gasteiger partial charge on any atom is -0.351 e. The summed E-state index contributed by atoms with van der Waals surface area (Å²) in [6, 6.07) is 0.173. The molecule has 94 valence electrons. The molecule has 1 amide bonds. The second kappa shape index (κ2) is 4.74. The van der Waals surface area contributed by atoms with Crippen LogP contribution in [0.3, 0.4) is 0 Å². The quantitative estimate of drug-likeness (QED) is 0.717. The Kier molecular flexibility index (Phi) is 4.00. The molecule has 3 heteroatoms. The van der Waals surface area contributed by atoms with Crippen molar-refractivity contribution in [3.63, 3.8) is 0 Å². The maximum absolute atomic E-state index is 12.1. The molecule has 16 heavy (non-hydrogen) atoms. The molecule has 0 saturated heterocycles. The fourth-order valence-electron chi connectivity index (χ4n) is 2.51. The van der Waals surface area contributed by atoms with Gasteiger partial charge in [-0.25, -0.2) is 0 Å². The Morgan fingerprint density at radius 3 is 2.25 bits per heavy atom. The Balaban J connectivity index is 2.62. The summed E-state index contributed by atoms with van der Waals surface area (Å²) in [5.74, 6) is 1.23. The molecule has 3 N–H and O–H groups in total. The van der Waals surface area contributed by atoms with Gasteiger partial charge in [0.2, 0.25) is 5.91 Å². The molecule has 4 unspecified atom stereocenters. The van der Waals surface area contributed by atoms with Crippen molar-refractivity contribution in [1.29, 1.82) is 0 Å². The summed E-state index contributed by atoms with van der Waals surface area (Å²) in [6.07, 6.45) is 1.88. The van der Waals surface area contributed by atoms with Gasteiger partial charge in [-0.15, -0.1) is 0 Å². The fraction of sp³-hybridized carbons (Fsp3) is 0.923. The van der Waals surface area contributed by atoms with Gasteiger partial charge in [0, 0.05) is 17.5 Å². The smallest absolute Gasteiger partial charge is 0.223 e. The van der Waals surface area contributed by atoms with Crippen LogP contribution in [0.5, 0.6) is 0 Å². The van der Waals surface area contributed by atoms with Gasteiger partial charge in [-0.3, -0.25) is 4.79 Å². The lowest BCUT2D eigenvalue weighted by Gasteiger charge is -2.37. The maximum Gasteiger partial charge on any atom is 0.223 e. The van der Waals surface area contributed by atoms with Crippen LogP contribution in [-0.4, -0.2) is 17.5 Å². The van der Waals surface area contributed by atoms with Crippen LogP contribution in [0.25, 0.3) is 0 Å². The van der Waals surface area contributed by atoms with Gasteiger partial charge in [0.1, 0.15) is 0 Å². The first-order valence-corrected chi connectivity index (χ1v) is 6.28. The van der Waals surface area contributed by atoms with Gasteiger partial charge in [-0.2, -0.15) is 0 Å². The van der Waals surface area contributed by atoms with E-state index in [4.69, 9.17) is 5.73 Å². The SMILES string of the molecule is CC1CC(C)C(C(=O)NC(C)(C)C)CC1N. The molecule has 0 aromatic carbocycles. The largest absolute Gasteiger partial charge is 0.351 e. The highest BCUT2D eigenvalue weighted by molar-refractivity contribution is 5.79. The third kappa shape index (κ3) is 3.48. The van der Waals surface area contributed by atoms with Crippen LogP contribution >= 0.6 is 0 Å².